The van der Waals surface area contributed by atoms with E-state index in [0.29, 0.717) is 11.3 Å². The summed E-state index contributed by atoms with van der Waals surface area (Å²) in [5.41, 5.74) is 1.08. The highest BCUT2D eigenvalue weighted by Gasteiger charge is 2.44. The minimum absolute atomic E-state index is 0.0287. The smallest absolute Gasteiger partial charge is 0.265 e. The Balaban J connectivity index is 1.84. The number of piperidine rings is 1. The van der Waals surface area contributed by atoms with E-state index in [1.54, 1.807) is 26.1 Å². The number of amides is 1. The van der Waals surface area contributed by atoms with Crippen molar-refractivity contribution in [3.63, 3.8) is 0 Å². The molecule has 142 valence electrons. The Bertz CT molecular complexity index is 859. The number of alkyl halides is 3. The molecule has 0 spiro atoms. The molecule has 0 bridgehead atoms. The molecule has 0 aromatic heterocycles. The number of halogens is 3. The molecule has 1 aromatic carbocycles. The van der Waals surface area contributed by atoms with E-state index in [4.69, 9.17) is 0 Å². The van der Waals surface area contributed by atoms with Gasteiger partial charge in [-0.3, -0.25) is 4.79 Å². The first kappa shape index (κ1) is 19.4. The fourth-order valence-electron chi connectivity index (χ4n) is 3.01. The number of benzene rings is 1. The number of hydrazone groups is 1. The predicted octanol–water partition coefficient (Wildman–Crippen LogP) is 2.44. The van der Waals surface area contributed by atoms with Gasteiger partial charge in [0.15, 0.2) is 0 Å². The van der Waals surface area contributed by atoms with Crippen LogP contribution >= 0.6 is 15.9 Å². The summed E-state index contributed by atoms with van der Waals surface area (Å²) < 4.78 is 51.9. The second-order valence-corrected chi connectivity index (χ2v) is 10.1. The van der Waals surface area contributed by atoms with Crippen LogP contribution in [0, 0.1) is 0 Å². The maximum Gasteiger partial charge on any atom is 0.265 e. The van der Waals surface area contributed by atoms with Crippen LogP contribution in [0.1, 0.15) is 25.3 Å². The molecule has 1 saturated heterocycles. The van der Waals surface area contributed by atoms with Gasteiger partial charge in [0, 0.05) is 33.0 Å². The van der Waals surface area contributed by atoms with Crippen LogP contribution in [-0.4, -0.2) is 59.7 Å². The zero-order chi connectivity index (χ0) is 19.3. The molecular weight excluding hydrogens is 432 g/mol. The zero-order valence-electron chi connectivity index (χ0n) is 14.2. The van der Waals surface area contributed by atoms with Crippen molar-refractivity contribution in [3.05, 3.63) is 29.8 Å². The molecule has 10 heteroatoms. The standard InChI is InChI=1S/C16H18BrF2N3O3S/c1-15(17)13(20-21(2)14(15)23)11-3-5-12(6-4-11)26(24,25)22-9-7-16(18,19)8-10-22/h3-6H,7-10H2,1-2H3. The average molecular weight is 450 g/mol. The van der Waals surface area contributed by atoms with Gasteiger partial charge in [0.1, 0.15) is 4.32 Å². The molecule has 1 unspecified atom stereocenters. The van der Waals surface area contributed by atoms with E-state index in [0.717, 1.165) is 4.31 Å². The van der Waals surface area contributed by atoms with E-state index in [2.05, 4.69) is 21.0 Å². The Morgan fingerprint density at radius 1 is 1.15 bits per heavy atom. The summed E-state index contributed by atoms with van der Waals surface area (Å²) in [5, 5.41) is 5.43. The first-order valence-corrected chi connectivity index (χ1v) is 10.2. The first-order valence-electron chi connectivity index (χ1n) is 8.00. The third-order valence-corrected chi connectivity index (χ3v) is 7.24. The van der Waals surface area contributed by atoms with Crippen molar-refractivity contribution in [2.45, 2.75) is 34.9 Å². The summed E-state index contributed by atoms with van der Waals surface area (Å²) in [6.45, 7) is 1.27. The van der Waals surface area contributed by atoms with Gasteiger partial charge >= 0.3 is 0 Å². The van der Waals surface area contributed by atoms with Crippen LogP contribution in [0.2, 0.25) is 0 Å². The molecule has 2 heterocycles. The molecule has 0 aliphatic carbocycles. The highest BCUT2D eigenvalue weighted by molar-refractivity contribution is 9.10. The number of rotatable bonds is 3. The van der Waals surface area contributed by atoms with Gasteiger partial charge in [-0.1, -0.05) is 28.1 Å². The molecule has 3 rings (SSSR count). The fraction of sp³-hybridized carbons (Fsp3) is 0.500. The maximum atomic E-state index is 13.3. The average Bonchev–Trinajstić information content (AvgIpc) is 2.78. The van der Waals surface area contributed by atoms with Gasteiger partial charge < -0.3 is 0 Å². The van der Waals surface area contributed by atoms with E-state index in [9.17, 15) is 22.0 Å². The van der Waals surface area contributed by atoms with E-state index in [-0.39, 0.29) is 23.9 Å². The molecule has 1 amide bonds. The number of carbonyl (C=O) groups is 1. The van der Waals surface area contributed by atoms with E-state index >= 15 is 0 Å². The van der Waals surface area contributed by atoms with Crippen molar-refractivity contribution in [1.29, 1.82) is 0 Å². The lowest BCUT2D eigenvalue weighted by molar-refractivity contribution is -0.128. The van der Waals surface area contributed by atoms with Crippen LogP contribution in [0.25, 0.3) is 0 Å². The third-order valence-electron chi connectivity index (χ3n) is 4.61. The van der Waals surface area contributed by atoms with Gasteiger partial charge in [0.2, 0.25) is 10.0 Å². The van der Waals surface area contributed by atoms with Crippen LogP contribution < -0.4 is 0 Å². The molecule has 6 nitrogen and oxygen atoms in total. The monoisotopic (exact) mass is 449 g/mol. The van der Waals surface area contributed by atoms with Crippen LogP contribution in [0.4, 0.5) is 8.78 Å². The highest BCUT2D eigenvalue weighted by atomic mass is 79.9. The fourth-order valence-corrected chi connectivity index (χ4v) is 5.02. The number of nitrogens with zero attached hydrogens (tertiary/aromatic N) is 3. The van der Waals surface area contributed by atoms with Crippen LogP contribution in [-0.2, 0) is 14.8 Å². The maximum absolute atomic E-state index is 13.3. The predicted molar refractivity (Wildman–Crippen MR) is 96.0 cm³/mol. The molecule has 1 aromatic rings. The van der Waals surface area contributed by atoms with E-state index in [1.807, 2.05) is 0 Å². The van der Waals surface area contributed by atoms with Gasteiger partial charge in [0.25, 0.3) is 11.8 Å². The number of carbonyl (C=O) groups excluding carboxylic acids is 1. The quantitative estimate of drug-likeness (QED) is 0.665. The lowest BCUT2D eigenvalue weighted by Crippen LogP contribution is -2.42. The van der Waals surface area contributed by atoms with Crippen molar-refractivity contribution >= 4 is 37.6 Å². The molecule has 0 N–H and O–H groups in total. The molecular formula is C16H18BrF2N3O3S. The molecule has 0 saturated carbocycles. The summed E-state index contributed by atoms with van der Waals surface area (Å²) in [7, 11) is -2.29. The van der Waals surface area contributed by atoms with Crippen LogP contribution in [0.3, 0.4) is 0 Å². The first-order chi connectivity index (χ1) is 11.9. The number of hydrogen-bond acceptors (Lipinski definition) is 4. The molecule has 26 heavy (non-hydrogen) atoms. The van der Waals surface area contributed by atoms with Crippen molar-refractivity contribution in [1.82, 2.24) is 9.31 Å². The van der Waals surface area contributed by atoms with Crippen molar-refractivity contribution in [2.24, 2.45) is 5.10 Å². The second kappa shape index (κ2) is 6.35. The van der Waals surface area contributed by atoms with Gasteiger partial charge in [-0.05, 0) is 24.6 Å². The molecule has 2 aliphatic heterocycles. The normalized spacial score (nSPS) is 26.9. The van der Waals surface area contributed by atoms with Gasteiger partial charge in [-0.15, -0.1) is 0 Å². The lowest BCUT2D eigenvalue weighted by atomic mass is 9.99. The Kier molecular flexibility index (Phi) is 4.73. The van der Waals surface area contributed by atoms with Crippen LogP contribution in [0.5, 0.6) is 0 Å². The number of hydrogen-bond donors (Lipinski definition) is 0. The minimum Gasteiger partial charge on any atom is -0.271 e. The van der Waals surface area contributed by atoms with Crippen molar-refractivity contribution in [3.8, 4) is 0 Å². The molecule has 0 radical (unpaired) electrons. The summed E-state index contributed by atoms with van der Waals surface area (Å²) in [6, 6.07) is 5.95. The number of sulfonamides is 1. The topological polar surface area (TPSA) is 70.1 Å². The van der Waals surface area contributed by atoms with Gasteiger partial charge in [-0.25, -0.2) is 22.2 Å². The van der Waals surface area contributed by atoms with Crippen molar-refractivity contribution in [2.75, 3.05) is 20.1 Å². The zero-order valence-corrected chi connectivity index (χ0v) is 16.6. The summed E-state index contributed by atoms with van der Waals surface area (Å²) in [5.74, 6) is -3.03. The summed E-state index contributed by atoms with van der Waals surface area (Å²) in [4.78, 5) is 12.1. The van der Waals surface area contributed by atoms with Gasteiger partial charge in [0.05, 0.1) is 10.6 Å². The molecule has 1 fully saturated rings. The minimum atomic E-state index is -3.83. The lowest BCUT2D eigenvalue weighted by Gasteiger charge is -2.30. The second-order valence-electron chi connectivity index (χ2n) is 6.56. The Morgan fingerprint density at radius 3 is 2.15 bits per heavy atom. The summed E-state index contributed by atoms with van der Waals surface area (Å²) >= 11 is 3.36. The SMILES string of the molecule is CN1N=C(c2ccc(S(=O)(=O)N3CCC(F)(F)CC3)cc2)C(C)(Br)C1=O. The van der Waals surface area contributed by atoms with Crippen LogP contribution in [0.15, 0.2) is 34.3 Å². The Morgan fingerprint density at radius 2 is 1.69 bits per heavy atom. The van der Waals surface area contributed by atoms with Crippen molar-refractivity contribution < 1.29 is 22.0 Å². The molecule has 1 atom stereocenters. The largest absolute Gasteiger partial charge is 0.271 e. The molecule has 2 aliphatic rings. The van der Waals surface area contributed by atoms with E-state index < -0.39 is 33.1 Å². The Labute approximate surface area is 159 Å². The highest BCUT2D eigenvalue weighted by Crippen LogP contribution is 2.33. The Hall–Kier alpha value is -1.39. The third kappa shape index (κ3) is 3.29. The van der Waals surface area contributed by atoms with E-state index in [1.165, 1.54) is 17.1 Å². The van der Waals surface area contributed by atoms with Gasteiger partial charge in [-0.2, -0.15) is 9.41 Å². The summed E-state index contributed by atoms with van der Waals surface area (Å²) in [6.07, 6.45) is -0.949.